The maximum Gasteiger partial charge on any atom is 0.0411 e. The second kappa shape index (κ2) is 14.3. The summed E-state index contributed by atoms with van der Waals surface area (Å²) in [7, 11) is 4.19. The summed E-state index contributed by atoms with van der Waals surface area (Å²) in [4.78, 5) is 2.44. The van der Waals surface area contributed by atoms with Crippen molar-refractivity contribution in [3.8, 4) is 0 Å². The van der Waals surface area contributed by atoms with Crippen molar-refractivity contribution in [3.63, 3.8) is 0 Å². The molecule has 1 N–H and O–H groups in total. The van der Waals surface area contributed by atoms with Gasteiger partial charge in [0.1, 0.15) is 0 Å². The lowest BCUT2D eigenvalue weighted by Gasteiger charge is -2.20. The van der Waals surface area contributed by atoms with Crippen molar-refractivity contribution in [2.24, 2.45) is 5.92 Å². The van der Waals surface area contributed by atoms with E-state index < -0.39 is 0 Å². The Morgan fingerprint density at radius 2 is 1.83 bits per heavy atom. The van der Waals surface area contributed by atoms with Crippen molar-refractivity contribution in [2.75, 3.05) is 32.5 Å². The Morgan fingerprint density at radius 1 is 1.17 bits per heavy atom. The van der Waals surface area contributed by atoms with Gasteiger partial charge in [0.2, 0.25) is 0 Å². The molecule has 0 spiro atoms. The molecule has 0 saturated heterocycles. The van der Waals surface area contributed by atoms with Crippen molar-refractivity contribution in [1.82, 2.24) is 4.90 Å². The predicted octanol–water partition coefficient (Wildman–Crippen LogP) is 5.92. The van der Waals surface area contributed by atoms with E-state index in [9.17, 15) is 0 Å². The lowest BCUT2D eigenvalue weighted by molar-refractivity contribution is 0.282. The smallest absolute Gasteiger partial charge is 0.0411 e. The number of para-hydroxylation sites is 1. The topological polar surface area (TPSA) is 15.3 Å². The number of hydrogen-bond acceptors (Lipinski definition) is 2. The van der Waals surface area contributed by atoms with Gasteiger partial charge in [0, 0.05) is 25.8 Å². The average Bonchev–Trinajstić information content (AvgIpc) is 2.53. The van der Waals surface area contributed by atoms with E-state index in [1.165, 1.54) is 37.1 Å². The van der Waals surface area contributed by atoms with Crippen LogP contribution in [0.5, 0.6) is 0 Å². The number of nitrogens with zero attached hydrogens (tertiary/aromatic N) is 1. The van der Waals surface area contributed by atoms with Crippen LogP contribution in [0.3, 0.4) is 0 Å². The van der Waals surface area contributed by atoms with Crippen LogP contribution in [0.4, 0.5) is 5.69 Å². The molecule has 0 aromatic heterocycles. The Bertz CT molecular complexity index is 412. The third kappa shape index (κ3) is 11.0. The number of benzene rings is 1. The fourth-order valence-electron chi connectivity index (χ4n) is 2.58. The van der Waals surface area contributed by atoms with Crippen molar-refractivity contribution < 1.29 is 0 Å². The first-order chi connectivity index (χ1) is 11.1. The van der Waals surface area contributed by atoms with Crippen LogP contribution in [-0.2, 0) is 0 Å². The number of anilines is 1. The van der Waals surface area contributed by atoms with E-state index in [0.717, 1.165) is 18.9 Å². The van der Waals surface area contributed by atoms with E-state index in [1.54, 1.807) is 0 Å². The zero-order chi connectivity index (χ0) is 17.5. The average molecular weight is 319 g/mol. The van der Waals surface area contributed by atoms with Gasteiger partial charge in [-0.1, -0.05) is 70.9 Å². The molecular weight excluding hydrogens is 280 g/mol. The van der Waals surface area contributed by atoms with E-state index in [-0.39, 0.29) is 0 Å². The second-order valence-corrected chi connectivity index (χ2v) is 6.39. The predicted molar refractivity (Wildman–Crippen MR) is 107 cm³/mol. The molecule has 1 aromatic rings. The molecule has 1 rings (SSSR count). The van der Waals surface area contributed by atoms with Crippen LogP contribution in [0.15, 0.2) is 30.3 Å². The summed E-state index contributed by atoms with van der Waals surface area (Å²) in [5.41, 5.74) is 2.45. The Hall–Kier alpha value is -1.28. The molecule has 0 amide bonds. The quantitative estimate of drug-likeness (QED) is 0.608. The van der Waals surface area contributed by atoms with Crippen LogP contribution in [0.2, 0.25) is 0 Å². The number of nitrogens with one attached hydrogen (secondary N) is 1. The van der Waals surface area contributed by atoms with Gasteiger partial charge in [-0.25, -0.2) is 0 Å². The van der Waals surface area contributed by atoms with Gasteiger partial charge in [-0.15, -0.1) is 0 Å². The Morgan fingerprint density at radius 3 is 2.43 bits per heavy atom. The molecule has 0 heterocycles. The van der Waals surface area contributed by atoms with E-state index >= 15 is 0 Å². The summed E-state index contributed by atoms with van der Waals surface area (Å²) < 4.78 is 0. The summed E-state index contributed by atoms with van der Waals surface area (Å²) in [5.74, 6) is 0.805. The Balaban J connectivity index is 0.00000149. The minimum atomic E-state index is 0.805. The molecule has 0 saturated carbocycles. The Labute approximate surface area is 145 Å². The molecule has 1 aromatic carbocycles. The highest BCUT2D eigenvalue weighted by Gasteiger charge is 2.04. The fourth-order valence-corrected chi connectivity index (χ4v) is 2.58. The zero-order valence-electron chi connectivity index (χ0n) is 16.2. The molecule has 23 heavy (non-hydrogen) atoms. The van der Waals surface area contributed by atoms with Crippen molar-refractivity contribution in [3.05, 3.63) is 35.9 Å². The molecular formula is C21H38N2. The van der Waals surface area contributed by atoms with Crippen LogP contribution in [-0.4, -0.2) is 32.1 Å². The highest BCUT2D eigenvalue weighted by Crippen LogP contribution is 2.16. The standard InChI is InChI=1S/C18H30N2.C3H8/c1-5-10-16(2)15-20(4)14-9-8-12-17-11-6-7-13-18(17)19-3;1-3-2/h6-8,11-13,16,19H,5,9-10,14-15H2,1-4H3;3H2,1-2H3/b12-8-;. The lowest BCUT2D eigenvalue weighted by Crippen LogP contribution is -2.25. The zero-order valence-corrected chi connectivity index (χ0v) is 16.2. The second-order valence-electron chi connectivity index (χ2n) is 6.39. The molecule has 0 aliphatic rings. The van der Waals surface area contributed by atoms with Gasteiger partial charge < -0.3 is 10.2 Å². The fraction of sp³-hybridized carbons (Fsp3) is 0.619. The van der Waals surface area contributed by atoms with Gasteiger partial charge in [-0.3, -0.25) is 0 Å². The molecule has 1 unspecified atom stereocenters. The highest BCUT2D eigenvalue weighted by atomic mass is 15.1. The Kier molecular flexibility index (Phi) is 13.5. The number of rotatable bonds is 9. The molecule has 2 nitrogen and oxygen atoms in total. The monoisotopic (exact) mass is 318 g/mol. The third-order valence-corrected chi connectivity index (χ3v) is 3.61. The van der Waals surface area contributed by atoms with Gasteiger partial charge >= 0.3 is 0 Å². The maximum atomic E-state index is 3.22. The normalized spacial score (nSPS) is 12.1. The minimum Gasteiger partial charge on any atom is -0.388 e. The van der Waals surface area contributed by atoms with Gasteiger partial charge in [0.25, 0.3) is 0 Å². The summed E-state index contributed by atoms with van der Waals surface area (Å²) in [6, 6.07) is 8.40. The maximum absolute atomic E-state index is 3.22. The number of hydrogen-bond donors (Lipinski definition) is 1. The van der Waals surface area contributed by atoms with Crippen LogP contribution >= 0.6 is 0 Å². The molecule has 0 radical (unpaired) electrons. The first kappa shape index (κ1) is 21.7. The van der Waals surface area contributed by atoms with Crippen molar-refractivity contribution in [1.29, 1.82) is 0 Å². The van der Waals surface area contributed by atoms with Gasteiger partial charge in [-0.05, 0) is 37.4 Å². The summed E-state index contributed by atoms with van der Waals surface area (Å²) in [6.07, 6.45) is 9.46. The highest BCUT2D eigenvalue weighted by molar-refractivity contribution is 5.66. The largest absolute Gasteiger partial charge is 0.388 e. The van der Waals surface area contributed by atoms with Gasteiger partial charge in [0.05, 0.1) is 0 Å². The summed E-state index contributed by atoms with van der Waals surface area (Å²) in [6.45, 7) is 11.2. The van der Waals surface area contributed by atoms with Gasteiger partial charge in [-0.2, -0.15) is 0 Å². The first-order valence-electron chi connectivity index (χ1n) is 9.20. The van der Waals surface area contributed by atoms with E-state index in [1.807, 2.05) is 7.05 Å². The molecule has 2 heteroatoms. The summed E-state index contributed by atoms with van der Waals surface area (Å²) >= 11 is 0. The van der Waals surface area contributed by atoms with E-state index in [4.69, 9.17) is 0 Å². The molecule has 1 atom stereocenters. The van der Waals surface area contributed by atoms with Crippen LogP contribution in [0.25, 0.3) is 6.08 Å². The molecule has 132 valence electrons. The lowest BCUT2D eigenvalue weighted by atomic mass is 10.1. The summed E-state index contributed by atoms with van der Waals surface area (Å²) in [5, 5.41) is 3.22. The molecule has 0 fully saturated rings. The van der Waals surface area contributed by atoms with Crippen molar-refractivity contribution >= 4 is 11.8 Å². The van der Waals surface area contributed by atoms with Gasteiger partial charge in [0.15, 0.2) is 0 Å². The van der Waals surface area contributed by atoms with E-state index in [2.05, 4.69) is 81.4 Å². The molecule has 0 bridgehead atoms. The first-order valence-corrected chi connectivity index (χ1v) is 9.20. The molecule has 0 aliphatic carbocycles. The van der Waals surface area contributed by atoms with Crippen LogP contribution in [0, 0.1) is 5.92 Å². The SMILES string of the molecule is CCC.CCCC(C)CN(C)CC/C=C\c1ccccc1NC. The van der Waals surface area contributed by atoms with E-state index in [0.29, 0.717) is 0 Å². The molecule has 0 aliphatic heterocycles. The van der Waals surface area contributed by atoms with Crippen molar-refractivity contribution in [2.45, 2.75) is 53.4 Å². The van der Waals surface area contributed by atoms with Crippen LogP contribution in [0.1, 0.15) is 58.9 Å². The third-order valence-electron chi connectivity index (χ3n) is 3.61. The minimum absolute atomic E-state index is 0.805. The van der Waals surface area contributed by atoms with Crippen LogP contribution < -0.4 is 5.32 Å².